The normalized spacial score (nSPS) is 12.1. The molecule has 4 amide bonds. The molecule has 1 aliphatic rings. The fraction of sp³-hybridized carbons (Fsp3) is 0.350. The molecule has 9 heteroatoms. The summed E-state index contributed by atoms with van der Waals surface area (Å²) in [6.07, 6.45) is 2.54. The molecular weight excluding hydrogens is 394 g/mol. The van der Waals surface area contributed by atoms with Gasteiger partial charge in [-0.25, -0.2) is 4.79 Å². The maximum atomic E-state index is 12.9. The van der Waals surface area contributed by atoms with Crippen LogP contribution in [0.4, 0.5) is 9.80 Å². The van der Waals surface area contributed by atoms with Gasteiger partial charge < -0.3 is 19.7 Å². The van der Waals surface area contributed by atoms with Gasteiger partial charge in [-0.15, -0.1) is 11.3 Å². The molecule has 2 aromatic rings. The second kappa shape index (κ2) is 8.52. The van der Waals surface area contributed by atoms with E-state index >= 15 is 0 Å². The number of imide groups is 1. The monoisotopic (exact) mass is 417 g/mol. The summed E-state index contributed by atoms with van der Waals surface area (Å²) in [6, 6.07) is 4.34. The molecule has 0 unspecified atom stereocenters. The molecule has 1 aromatic carbocycles. The molecule has 154 valence electrons. The molecular formula is C20H23N3O5S. The summed E-state index contributed by atoms with van der Waals surface area (Å²) in [5, 5.41) is 5.63. The van der Waals surface area contributed by atoms with E-state index in [1.54, 1.807) is 32.3 Å². The lowest BCUT2D eigenvalue weighted by atomic mass is 10.1. The highest BCUT2D eigenvalue weighted by Crippen LogP contribution is 2.39. The minimum absolute atomic E-state index is 0.338. The van der Waals surface area contributed by atoms with E-state index in [4.69, 9.17) is 9.47 Å². The van der Waals surface area contributed by atoms with Crippen LogP contribution in [-0.2, 0) is 12.8 Å². The highest BCUT2D eigenvalue weighted by atomic mass is 32.1. The molecule has 29 heavy (non-hydrogen) atoms. The lowest BCUT2D eigenvalue weighted by Crippen LogP contribution is -2.39. The minimum Gasteiger partial charge on any atom is -0.497 e. The van der Waals surface area contributed by atoms with Crippen LogP contribution in [0.1, 0.15) is 37.6 Å². The first-order valence-corrected chi connectivity index (χ1v) is 9.87. The minimum atomic E-state index is -0.512. The molecule has 2 N–H and O–H groups in total. The molecule has 1 heterocycles. The summed E-state index contributed by atoms with van der Waals surface area (Å²) in [5.74, 6) is 0.0622. The lowest BCUT2D eigenvalue weighted by molar-refractivity contribution is 0.0957. The number of fused-ring (bicyclic) bond motifs is 1. The van der Waals surface area contributed by atoms with Gasteiger partial charge in [0.25, 0.3) is 11.8 Å². The third kappa shape index (κ3) is 4.34. The van der Waals surface area contributed by atoms with Gasteiger partial charge in [-0.1, -0.05) is 0 Å². The first-order valence-electron chi connectivity index (χ1n) is 9.05. The first-order chi connectivity index (χ1) is 13.8. The number of thiophene rings is 1. The average Bonchev–Trinajstić information content (AvgIpc) is 3.27. The van der Waals surface area contributed by atoms with E-state index in [9.17, 15) is 14.4 Å². The van der Waals surface area contributed by atoms with Crippen LogP contribution in [-0.4, -0.2) is 51.1 Å². The Bertz CT molecular complexity index is 945. The summed E-state index contributed by atoms with van der Waals surface area (Å²) < 4.78 is 10.4. The number of carbonyl (C=O) groups is 3. The summed E-state index contributed by atoms with van der Waals surface area (Å²) in [5.41, 5.74) is 1.60. The zero-order chi connectivity index (χ0) is 21.1. The van der Waals surface area contributed by atoms with Gasteiger partial charge in [-0.2, -0.15) is 0 Å². The van der Waals surface area contributed by atoms with Crippen LogP contribution in [0.25, 0.3) is 0 Å². The molecule has 0 spiro atoms. The van der Waals surface area contributed by atoms with Crippen LogP contribution in [0.2, 0.25) is 0 Å². The Labute approximate surface area is 172 Å². The number of hydrogen-bond donors (Lipinski definition) is 2. The Morgan fingerprint density at radius 2 is 1.66 bits per heavy atom. The maximum absolute atomic E-state index is 12.9. The summed E-state index contributed by atoms with van der Waals surface area (Å²) in [6.45, 7) is 0. The van der Waals surface area contributed by atoms with Crippen molar-refractivity contribution in [3.8, 4) is 11.5 Å². The Morgan fingerprint density at radius 3 is 2.24 bits per heavy atom. The third-order valence-corrected chi connectivity index (χ3v) is 5.82. The second-order valence-corrected chi connectivity index (χ2v) is 7.88. The van der Waals surface area contributed by atoms with Crippen LogP contribution < -0.4 is 20.1 Å². The third-order valence-electron chi connectivity index (χ3n) is 4.62. The second-order valence-electron chi connectivity index (χ2n) is 6.77. The predicted octanol–water partition coefficient (Wildman–Crippen LogP) is 2.92. The molecule has 0 saturated carbocycles. The lowest BCUT2D eigenvalue weighted by Gasteiger charge is -2.13. The maximum Gasteiger partial charge on any atom is 0.323 e. The number of hydrogen-bond acceptors (Lipinski definition) is 6. The number of benzene rings is 1. The van der Waals surface area contributed by atoms with Gasteiger partial charge in [0, 0.05) is 30.6 Å². The molecule has 0 bridgehead atoms. The van der Waals surface area contributed by atoms with E-state index in [1.807, 2.05) is 0 Å². The zero-order valence-electron chi connectivity index (χ0n) is 16.8. The smallest absolute Gasteiger partial charge is 0.323 e. The van der Waals surface area contributed by atoms with E-state index < -0.39 is 17.8 Å². The van der Waals surface area contributed by atoms with Crippen molar-refractivity contribution in [1.29, 1.82) is 0 Å². The molecule has 3 rings (SSSR count). The quantitative estimate of drug-likeness (QED) is 0.780. The number of ether oxygens (including phenoxy) is 2. The number of methoxy groups -OCH3 is 2. The van der Waals surface area contributed by atoms with Crippen molar-refractivity contribution in [3.05, 3.63) is 39.8 Å². The van der Waals surface area contributed by atoms with E-state index in [0.717, 1.165) is 29.7 Å². The van der Waals surface area contributed by atoms with Crippen molar-refractivity contribution < 1.29 is 23.9 Å². The van der Waals surface area contributed by atoms with Crippen molar-refractivity contribution in [2.45, 2.75) is 19.3 Å². The fourth-order valence-corrected chi connectivity index (χ4v) is 4.40. The molecule has 0 atom stereocenters. The van der Waals surface area contributed by atoms with Gasteiger partial charge in [0.2, 0.25) is 0 Å². The van der Waals surface area contributed by atoms with Gasteiger partial charge in [0.15, 0.2) is 0 Å². The van der Waals surface area contributed by atoms with E-state index in [-0.39, 0.29) is 0 Å². The Kier molecular flexibility index (Phi) is 6.07. The molecule has 1 aliphatic carbocycles. The zero-order valence-corrected chi connectivity index (χ0v) is 17.6. The molecule has 0 fully saturated rings. The predicted molar refractivity (Wildman–Crippen MR) is 110 cm³/mol. The van der Waals surface area contributed by atoms with Gasteiger partial charge in [-0.05, 0) is 37.0 Å². The van der Waals surface area contributed by atoms with Crippen LogP contribution in [0.3, 0.4) is 0 Å². The summed E-state index contributed by atoms with van der Waals surface area (Å²) >= 11 is 1.38. The molecule has 8 nitrogen and oxygen atoms in total. The van der Waals surface area contributed by atoms with Gasteiger partial charge >= 0.3 is 6.03 Å². The van der Waals surface area contributed by atoms with Gasteiger partial charge in [-0.3, -0.25) is 14.9 Å². The van der Waals surface area contributed by atoms with Crippen molar-refractivity contribution in [2.75, 3.05) is 33.6 Å². The SMILES string of the molecule is COc1cc(OC)cc(C(=O)Nc2sc3c(c2C(=O)NC(=O)N(C)C)CCC3)c1. The Morgan fingerprint density at radius 1 is 1.00 bits per heavy atom. The van der Waals surface area contributed by atoms with Gasteiger partial charge in [0.05, 0.1) is 19.8 Å². The highest BCUT2D eigenvalue weighted by molar-refractivity contribution is 7.17. The molecule has 1 aromatic heterocycles. The van der Waals surface area contributed by atoms with Crippen molar-refractivity contribution in [2.24, 2.45) is 0 Å². The van der Waals surface area contributed by atoms with E-state index in [2.05, 4.69) is 10.6 Å². The first kappa shape index (κ1) is 20.7. The summed E-state index contributed by atoms with van der Waals surface area (Å²) in [7, 11) is 6.12. The number of rotatable bonds is 5. The molecule has 0 radical (unpaired) electrons. The highest BCUT2D eigenvalue weighted by Gasteiger charge is 2.29. The Balaban J connectivity index is 1.91. The van der Waals surface area contributed by atoms with Crippen LogP contribution >= 0.6 is 11.3 Å². The van der Waals surface area contributed by atoms with E-state index in [1.165, 1.54) is 30.5 Å². The molecule has 0 saturated heterocycles. The summed E-state index contributed by atoms with van der Waals surface area (Å²) in [4.78, 5) is 39.9. The number of urea groups is 1. The number of carbonyl (C=O) groups excluding carboxylic acids is 3. The van der Waals surface area contributed by atoms with Crippen LogP contribution in [0.15, 0.2) is 18.2 Å². The number of amides is 4. The van der Waals surface area contributed by atoms with Crippen molar-refractivity contribution in [3.63, 3.8) is 0 Å². The number of anilines is 1. The topological polar surface area (TPSA) is 97.0 Å². The number of nitrogens with one attached hydrogen (secondary N) is 2. The fourth-order valence-electron chi connectivity index (χ4n) is 3.12. The van der Waals surface area contributed by atoms with Crippen LogP contribution in [0.5, 0.6) is 11.5 Å². The van der Waals surface area contributed by atoms with Gasteiger partial charge in [0.1, 0.15) is 16.5 Å². The van der Waals surface area contributed by atoms with Crippen molar-refractivity contribution >= 4 is 34.2 Å². The van der Waals surface area contributed by atoms with Crippen LogP contribution in [0, 0.1) is 0 Å². The molecule has 0 aliphatic heterocycles. The number of nitrogens with zero attached hydrogens (tertiary/aromatic N) is 1. The van der Waals surface area contributed by atoms with E-state index in [0.29, 0.717) is 27.6 Å². The Hall–Kier alpha value is -3.07. The number of aryl methyl sites for hydroxylation is 1. The average molecular weight is 417 g/mol. The van der Waals surface area contributed by atoms with Crippen molar-refractivity contribution in [1.82, 2.24) is 10.2 Å². The largest absolute Gasteiger partial charge is 0.497 e. The standard InChI is InChI=1S/C20H23N3O5S/c1-23(2)20(26)22-18(25)16-14-6-5-7-15(14)29-19(16)21-17(24)11-8-12(27-3)10-13(9-11)28-4/h8-10H,5-7H2,1-4H3,(H,21,24)(H,22,25,26).